The summed E-state index contributed by atoms with van der Waals surface area (Å²) in [7, 11) is 0. The molecule has 5 rings (SSSR count). The maximum Gasteiger partial charge on any atom is 0.254 e. The first-order valence-electron chi connectivity index (χ1n) is 10.4. The minimum atomic E-state index is 0.00719. The minimum Gasteiger partial charge on any atom is -0.353 e. The lowest BCUT2D eigenvalue weighted by Gasteiger charge is -2.35. The van der Waals surface area contributed by atoms with E-state index in [-0.39, 0.29) is 5.91 Å². The van der Waals surface area contributed by atoms with E-state index in [4.69, 9.17) is 0 Å². The molecule has 9 nitrogen and oxygen atoms in total. The molecule has 4 aromatic rings. The number of pyridine rings is 1. The Morgan fingerprint density at radius 2 is 1.59 bits per heavy atom. The molecule has 1 amide bonds. The highest BCUT2D eigenvalue weighted by Crippen LogP contribution is 2.20. The summed E-state index contributed by atoms with van der Waals surface area (Å²) in [5, 5.41) is 3.22. The Morgan fingerprint density at radius 3 is 2.41 bits per heavy atom. The van der Waals surface area contributed by atoms with Crippen LogP contribution in [0.5, 0.6) is 0 Å². The van der Waals surface area contributed by atoms with Crippen molar-refractivity contribution in [3.63, 3.8) is 0 Å². The minimum absolute atomic E-state index is 0.00719. The number of nitrogens with one attached hydrogen (secondary N) is 1. The molecular weight excluding hydrogens is 404 g/mol. The van der Waals surface area contributed by atoms with E-state index in [0.717, 1.165) is 28.2 Å². The van der Waals surface area contributed by atoms with Gasteiger partial charge < -0.3 is 15.1 Å². The average molecular weight is 426 g/mol. The van der Waals surface area contributed by atoms with Crippen LogP contribution in [0.1, 0.15) is 15.9 Å². The van der Waals surface area contributed by atoms with Crippen LogP contribution in [0.15, 0.2) is 61.3 Å². The van der Waals surface area contributed by atoms with Crippen LogP contribution in [0.2, 0.25) is 0 Å². The summed E-state index contributed by atoms with van der Waals surface area (Å²) in [6.45, 7) is 4.63. The number of hydrogen-bond acceptors (Lipinski definition) is 8. The second kappa shape index (κ2) is 8.54. The highest BCUT2D eigenvalue weighted by Gasteiger charge is 2.23. The Kier molecular flexibility index (Phi) is 5.29. The Hall–Kier alpha value is -4.14. The second-order valence-corrected chi connectivity index (χ2v) is 7.64. The van der Waals surface area contributed by atoms with Gasteiger partial charge in [0, 0.05) is 56.4 Å². The molecule has 0 unspecified atom stereocenters. The fourth-order valence-corrected chi connectivity index (χ4v) is 3.74. The summed E-state index contributed by atoms with van der Waals surface area (Å²) in [6.07, 6.45) is 6.59. The monoisotopic (exact) mass is 426 g/mol. The summed E-state index contributed by atoms with van der Waals surface area (Å²) in [6, 6.07) is 11.3. The topological polar surface area (TPSA) is 100 Å². The van der Waals surface area contributed by atoms with Gasteiger partial charge in [0.1, 0.15) is 23.8 Å². The molecular formula is C23H22N8O. The van der Waals surface area contributed by atoms with Crippen molar-refractivity contribution in [2.45, 2.75) is 6.92 Å². The summed E-state index contributed by atoms with van der Waals surface area (Å²) < 4.78 is 0. The van der Waals surface area contributed by atoms with Crippen LogP contribution in [-0.2, 0) is 0 Å². The molecule has 1 aromatic carbocycles. The molecule has 0 radical (unpaired) electrons. The normalized spacial score (nSPS) is 13.9. The van der Waals surface area contributed by atoms with Crippen molar-refractivity contribution in [1.29, 1.82) is 0 Å². The van der Waals surface area contributed by atoms with Crippen LogP contribution in [-0.4, -0.2) is 61.9 Å². The lowest BCUT2D eigenvalue weighted by Crippen LogP contribution is -2.49. The highest BCUT2D eigenvalue weighted by atomic mass is 16.2. The Balaban J connectivity index is 1.24. The van der Waals surface area contributed by atoms with Gasteiger partial charge in [-0.2, -0.15) is 0 Å². The first kappa shape index (κ1) is 19.8. The first-order chi connectivity index (χ1) is 15.7. The molecule has 0 bridgehead atoms. The number of aromatic nitrogens is 5. The van der Waals surface area contributed by atoms with Gasteiger partial charge in [0.25, 0.3) is 5.91 Å². The molecule has 0 atom stereocenters. The number of aryl methyl sites for hydroxylation is 1. The third-order valence-electron chi connectivity index (χ3n) is 5.43. The zero-order chi connectivity index (χ0) is 21.9. The van der Waals surface area contributed by atoms with Gasteiger partial charge in [-0.05, 0) is 42.8 Å². The third kappa shape index (κ3) is 4.18. The van der Waals surface area contributed by atoms with Crippen molar-refractivity contribution in [2.24, 2.45) is 0 Å². The van der Waals surface area contributed by atoms with Crippen molar-refractivity contribution < 1.29 is 4.79 Å². The maximum absolute atomic E-state index is 13.0. The quantitative estimate of drug-likeness (QED) is 0.532. The Morgan fingerprint density at radius 1 is 0.812 bits per heavy atom. The lowest BCUT2D eigenvalue weighted by atomic mass is 10.1. The van der Waals surface area contributed by atoms with Gasteiger partial charge >= 0.3 is 0 Å². The van der Waals surface area contributed by atoms with Gasteiger partial charge in [-0.1, -0.05) is 0 Å². The molecule has 0 aliphatic carbocycles. The lowest BCUT2D eigenvalue weighted by molar-refractivity contribution is 0.0746. The molecule has 1 saturated heterocycles. The van der Waals surface area contributed by atoms with Gasteiger partial charge in [0.05, 0.1) is 11.0 Å². The fourth-order valence-electron chi connectivity index (χ4n) is 3.74. The molecule has 1 N–H and O–H groups in total. The largest absolute Gasteiger partial charge is 0.353 e. The zero-order valence-electron chi connectivity index (χ0n) is 17.6. The number of amides is 1. The van der Waals surface area contributed by atoms with E-state index in [0.29, 0.717) is 37.6 Å². The fraction of sp³-hybridized carbons (Fsp3) is 0.217. The van der Waals surface area contributed by atoms with Crippen LogP contribution < -0.4 is 10.2 Å². The Bertz CT molecular complexity index is 1270. The van der Waals surface area contributed by atoms with Crippen LogP contribution in [0, 0.1) is 6.92 Å². The van der Waals surface area contributed by atoms with E-state index >= 15 is 0 Å². The zero-order valence-corrected chi connectivity index (χ0v) is 17.6. The molecule has 1 aliphatic rings. The molecule has 1 fully saturated rings. The summed E-state index contributed by atoms with van der Waals surface area (Å²) in [5.74, 6) is 2.25. The number of hydrogen-bond donors (Lipinski definition) is 1. The van der Waals surface area contributed by atoms with Crippen LogP contribution in [0.25, 0.3) is 11.0 Å². The van der Waals surface area contributed by atoms with Crippen molar-refractivity contribution in [3.05, 3.63) is 72.4 Å². The van der Waals surface area contributed by atoms with Crippen molar-refractivity contribution in [3.8, 4) is 0 Å². The SMILES string of the molecule is Cc1ccnc(Nc2cc(N3CCN(C(=O)c4ccc5nccnc5c4)CC3)ncn2)c1. The van der Waals surface area contributed by atoms with Gasteiger partial charge in [0.2, 0.25) is 0 Å². The van der Waals surface area contributed by atoms with E-state index in [9.17, 15) is 4.79 Å². The van der Waals surface area contributed by atoms with E-state index in [1.165, 1.54) is 0 Å². The number of piperazine rings is 1. The molecule has 0 saturated carbocycles. The van der Waals surface area contributed by atoms with Crippen molar-refractivity contribution in [2.75, 3.05) is 36.4 Å². The smallest absolute Gasteiger partial charge is 0.254 e. The number of benzene rings is 1. The highest BCUT2D eigenvalue weighted by molar-refractivity contribution is 5.97. The standard InChI is InChI=1S/C23H22N8O/c1-16-4-5-26-20(12-16)29-21-14-22(28-15-27-21)30-8-10-31(11-9-30)23(32)17-2-3-18-19(13-17)25-7-6-24-18/h2-7,12-15H,8-11H2,1H3,(H,26,27,28,29). The van der Waals surface area contributed by atoms with Crippen LogP contribution in [0.3, 0.4) is 0 Å². The summed E-state index contributed by atoms with van der Waals surface area (Å²) >= 11 is 0. The molecule has 4 heterocycles. The number of anilines is 3. The van der Waals surface area contributed by atoms with E-state index in [1.54, 1.807) is 31.0 Å². The van der Waals surface area contributed by atoms with Crippen LogP contribution in [0.4, 0.5) is 17.5 Å². The van der Waals surface area contributed by atoms with Gasteiger partial charge in [0.15, 0.2) is 0 Å². The molecule has 1 aliphatic heterocycles. The summed E-state index contributed by atoms with van der Waals surface area (Å²) in [5.41, 5.74) is 3.26. The van der Waals surface area contributed by atoms with Crippen molar-refractivity contribution >= 4 is 34.4 Å². The third-order valence-corrected chi connectivity index (χ3v) is 5.43. The van der Waals surface area contributed by atoms with E-state index in [2.05, 4.69) is 35.1 Å². The average Bonchev–Trinajstić information content (AvgIpc) is 2.83. The predicted molar refractivity (Wildman–Crippen MR) is 122 cm³/mol. The summed E-state index contributed by atoms with van der Waals surface area (Å²) in [4.78, 5) is 38.6. The van der Waals surface area contributed by atoms with E-state index in [1.807, 2.05) is 42.2 Å². The van der Waals surface area contributed by atoms with Crippen molar-refractivity contribution in [1.82, 2.24) is 29.8 Å². The van der Waals surface area contributed by atoms with E-state index < -0.39 is 0 Å². The van der Waals surface area contributed by atoms with Gasteiger partial charge in [-0.25, -0.2) is 15.0 Å². The number of carbonyl (C=O) groups excluding carboxylic acids is 1. The number of rotatable bonds is 4. The van der Waals surface area contributed by atoms with Gasteiger partial charge in [-0.15, -0.1) is 0 Å². The number of carbonyl (C=O) groups is 1. The number of nitrogens with zero attached hydrogens (tertiary/aromatic N) is 7. The second-order valence-electron chi connectivity index (χ2n) is 7.64. The molecule has 160 valence electrons. The predicted octanol–water partition coefficient (Wildman–Crippen LogP) is 2.83. The molecule has 0 spiro atoms. The molecule has 9 heteroatoms. The van der Waals surface area contributed by atoms with Gasteiger partial charge in [-0.3, -0.25) is 14.8 Å². The van der Waals surface area contributed by atoms with Crippen LogP contribution >= 0.6 is 0 Å². The Labute approximate surface area is 185 Å². The molecule has 3 aromatic heterocycles. The first-order valence-corrected chi connectivity index (χ1v) is 10.4. The maximum atomic E-state index is 13.0. The molecule has 32 heavy (non-hydrogen) atoms. The number of fused-ring (bicyclic) bond motifs is 1.